The van der Waals surface area contributed by atoms with Gasteiger partial charge >= 0.3 is 0 Å². The number of nitrogens with one attached hydrogen (secondary N) is 1. The molecule has 0 radical (unpaired) electrons. The zero-order chi connectivity index (χ0) is 29.3. The van der Waals surface area contributed by atoms with Gasteiger partial charge in [-0.15, -0.1) is 0 Å². The van der Waals surface area contributed by atoms with Crippen molar-refractivity contribution in [3.8, 4) is 5.75 Å². The largest absolute Gasteiger partial charge is 0.497 e. The Kier molecular flexibility index (Phi) is 10.6. The van der Waals surface area contributed by atoms with Crippen LogP contribution in [-0.2, 0) is 26.2 Å². The molecule has 3 aromatic rings. The highest BCUT2D eigenvalue weighted by atomic mass is 32.2. The van der Waals surface area contributed by atoms with Crippen molar-refractivity contribution in [2.45, 2.75) is 44.2 Å². The van der Waals surface area contributed by atoms with E-state index in [-0.39, 0.29) is 17.1 Å². The molecule has 0 saturated carbocycles. The van der Waals surface area contributed by atoms with Crippen molar-refractivity contribution in [1.82, 2.24) is 10.2 Å². The Balaban J connectivity index is 1.99. The predicted octanol–water partition coefficient (Wildman–Crippen LogP) is 4.50. The molecule has 11 heteroatoms. The summed E-state index contributed by atoms with van der Waals surface area (Å²) >= 11 is 0. The highest BCUT2D eigenvalue weighted by Gasteiger charge is 2.32. The molecule has 0 aliphatic rings. The number of nitrogens with zero attached hydrogens (tertiary/aromatic N) is 2. The molecule has 0 spiro atoms. The molecule has 0 unspecified atom stereocenters. The minimum absolute atomic E-state index is 0.0624. The third-order valence-electron chi connectivity index (χ3n) is 6.30. The Morgan fingerprint density at radius 1 is 0.925 bits per heavy atom. The smallest absolute Gasteiger partial charge is 0.264 e. The Morgan fingerprint density at radius 3 is 2.05 bits per heavy atom. The zero-order valence-electron chi connectivity index (χ0n) is 22.6. The molecule has 2 amide bonds. The zero-order valence-corrected chi connectivity index (χ0v) is 23.5. The summed E-state index contributed by atoms with van der Waals surface area (Å²) in [7, 11) is -2.86. The van der Waals surface area contributed by atoms with Crippen LogP contribution in [-0.4, -0.2) is 51.4 Å². The standard InChI is InChI=1S/C29H33F2N3O5S/c1-4-5-18-32-29(36)21(2)33(19-22-6-8-23(30)9-7-22)28(35)20-34(25-12-10-24(31)11-13-25)40(37,38)27-16-14-26(39-3)15-17-27/h6-17,21H,4-5,18-20H2,1-3H3,(H,32,36)/t21-/m1/s1. The maximum Gasteiger partial charge on any atom is 0.264 e. The third kappa shape index (κ3) is 7.78. The summed E-state index contributed by atoms with van der Waals surface area (Å²) in [5.74, 6) is -1.68. The summed E-state index contributed by atoms with van der Waals surface area (Å²) in [5, 5.41) is 2.79. The Bertz CT molecular complexity index is 1380. The van der Waals surface area contributed by atoms with Gasteiger partial charge in [0.1, 0.15) is 30.0 Å². The molecule has 0 heterocycles. The summed E-state index contributed by atoms with van der Waals surface area (Å²) in [6.07, 6.45) is 1.62. The molecule has 8 nitrogen and oxygen atoms in total. The van der Waals surface area contributed by atoms with E-state index in [9.17, 15) is 26.8 Å². The second-order valence-electron chi connectivity index (χ2n) is 9.13. The average molecular weight is 574 g/mol. The monoisotopic (exact) mass is 573 g/mol. The molecule has 3 aromatic carbocycles. The van der Waals surface area contributed by atoms with E-state index in [1.807, 2.05) is 6.92 Å². The Morgan fingerprint density at radius 2 is 1.50 bits per heavy atom. The van der Waals surface area contributed by atoms with Gasteiger partial charge in [-0.05, 0) is 79.6 Å². The lowest BCUT2D eigenvalue weighted by molar-refractivity contribution is -0.139. The molecular weight excluding hydrogens is 540 g/mol. The molecule has 0 aromatic heterocycles. The fourth-order valence-corrected chi connectivity index (χ4v) is 5.33. The van der Waals surface area contributed by atoms with Crippen LogP contribution in [0.15, 0.2) is 77.7 Å². The van der Waals surface area contributed by atoms with E-state index in [0.29, 0.717) is 17.9 Å². The number of benzene rings is 3. The SMILES string of the molecule is CCCCNC(=O)[C@@H](C)N(Cc1ccc(F)cc1)C(=O)CN(c1ccc(F)cc1)S(=O)(=O)c1ccc(OC)cc1. The van der Waals surface area contributed by atoms with Crippen LogP contribution in [0.2, 0.25) is 0 Å². The predicted molar refractivity (Wildman–Crippen MR) is 148 cm³/mol. The molecule has 1 N–H and O–H groups in total. The molecule has 0 aliphatic heterocycles. The van der Waals surface area contributed by atoms with Gasteiger partial charge in [0, 0.05) is 13.1 Å². The van der Waals surface area contributed by atoms with Gasteiger partial charge in [0.15, 0.2) is 0 Å². The molecule has 3 rings (SSSR count). The fourth-order valence-electron chi connectivity index (χ4n) is 3.92. The van der Waals surface area contributed by atoms with E-state index in [4.69, 9.17) is 4.74 Å². The number of ether oxygens (including phenoxy) is 1. The first kappa shape index (κ1) is 30.6. The first-order valence-electron chi connectivity index (χ1n) is 12.8. The highest BCUT2D eigenvalue weighted by Crippen LogP contribution is 2.26. The van der Waals surface area contributed by atoms with Gasteiger partial charge in [-0.2, -0.15) is 0 Å². The highest BCUT2D eigenvalue weighted by molar-refractivity contribution is 7.92. The summed E-state index contributed by atoms with van der Waals surface area (Å²) in [5.41, 5.74) is 0.613. The summed E-state index contributed by atoms with van der Waals surface area (Å²) in [4.78, 5) is 27.9. The average Bonchev–Trinajstić information content (AvgIpc) is 2.95. The van der Waals surface area contributed by atoms with Crippen LogP contribution in [0.3, 0.4) is 0 Å². The minimum atomic E-state index is -4.30. The third-order valence-corrected chi connectivity index (χ3v) is 8.09. The van der Waals surface area contributed by atoms with Crippen molar-refractivity contribution in [2.75, 3.05) is 24.5 Å². The van der Waals surface area contributed by atoms with Crippen molar-refractivity contribution in [2.24, 2.45) is 0 Å². The quantitative estimate of drug-likeness (QED) is 0.304. The van der Waals surface area contributed by atoms with Crippen LogP contribution in [0.1, 0.15) is 32.3 Å². The van der Waals surface area contributed by atoms with E-state index in [0.717, 1.165) is 29.3 Å². The normalized spacial score (nSPS) is 11.9. The number of anilines is 1. The lowest BCUT2D eigenvalue weighted by Crippen LogP contribution is -2.51. The number of sulfonamides is 1. The number of amides is 2. The van der Waals surface area contributed by atoms with Gasteiger partial charge in [0.25, 0.3) is 10.0 Å². The van der Waals surface area contributed by atoms with Gasteiger partial charge in [-0.25, -0.2) is 17.2 Å². The minimum Gasteiger partial charge on any atom is -0.497 e. The van der Waals surface area contributed by atoms with Gasteiger partial charge in [-0.1, -0.05) is 25.5 Å². The first-order valence-corrected chi connectivity index (χ1v) is 14.2. The van der Waals surface area contributed by atoms with E-state index in [1.54, 1.807) is 6.92 Å². The molecule has 0 bridgehead atoms. The topological polar surface area (TPSA) is 96.0 Å². The molecule has 0 aliphatic carbocycles. The maximum atomic E-state index is 13.8. The van der Waals surface area contributed by atoms with Crippen molar-refractivity contribution in [3.63, 3.8) is 0 Å². The number of hydrogen-bond acceptors (Lipinski definition) is 5. The number of halogens is 2. The Labute approximate surface area is 233 Å². The number of carbonyl (C=O) groups excluding carboxylic acids is 2. The Hall–Kier alpha value is -3.99. The van der Waals surface area contributed by atoms with Crippen LogP contribution in [0.25, 0.3) is 0 Å². The molecule has 0 saturated heterocycles. The van der Waals surface area contributed by atoms with Crippen molar-refractivity contribution >= 4 is 27.5 Å². The van der Waals surface area contributed by atoms with Crippen molar-refractivity contribution in [1.29, 1.82) is 0 Å². The van der Waals surface area contributed by atoms with Crippen molar-refractivity contribution in [3.05, 3.63) is 90.0 Å². The molecule has 0 fully saturated rings. The van der Waals surface area contributed by atoms with Gasteiger partial charge in [0.05, 0.1) is 17.7 Å². The molecule has 214 valence electrons. The number of hydrogen-bond donors (Lipinski definition) is 1. The first-order chi connectivity index (χ1) is 19.1. The second-order valence-corrected chi connectivity index (χ2v) is 11.0. The van der Waals surface area contributed by atoms with E-state index < -0.39 is 46.1 Å². The lowest BCUT2D eigenvalue weighted by atomic mass is 10.1. The van der Waals surface area contributed by atoms with Crippen molar-refractivity contribution < 1.29 is 31.5 Å². The number of unbranched alkanes of at least 4 members (excludes halogenated alkanes) is 1. The van der Waals surface area contributed by atoms with E-state index >= 15 is 0 Å². The van der Waals surface area contributed by atoms with Crippen LogP contribution in [0.4, 0.5) is 14.5 Å². The van der Waals surface area contributed by atoms with Gasteiger partial charge < -0.3 is 15.0 Å². The van der Waals surface area contributed by atoms with Gasteiger partial charge in [0.2, 0.25) is 11.8 Å². The summed E-state index contributed by atoms with van der Waals surface area (Å²) < 4.78 is 60.7. The molecular formula is C29H33F2N3O5S. The fraction of sp³-hybridized carbons (Fsp3) is 0.310. The van der Waals surface area contributed by atoms with Crippen LogP contribution >= 0.6 is 0 Å². The van der Waals surface area contributed by atoms with E-state index in [1.165, 1.54) is 72.7 Å². The number of carbonyl (C=O) groups is 2. The summed E-state index contributed by atoms with van der Waals surface area (Å²) in [6.45, 7) is 3.21. The van der Waals surface area contributed by atoms with Gasteiger partial charge in [-0.3, -0.25) is 13.9 Å². The van der Waals surface area contributed by atoms with E-state index in [2.05, 4.69) is 5.32 Å². The second kappa shape index (κ2) is 13.9. The molecule has 40 heavy (non-hydrogen) atoms. The van der Waals surface area contributed by atoms with Crippen LogP contribution < -0.4 is 14.4 Å². The summed E-state index contributed by atoms with van der Waals surface area (Å²) in [6, 6.07) is 14.8. The molecule has 1 atom stereocenters. The van der Waals surface area contributed by atoms with Crippen LogP contribution in [0, 0.1) is 11.6 Å². The maximum absolute atomic E-state index is 13.8. The number of methoxy groups -OCH3 is 1. The lowest BCUT2D eigenvalue weighted by Gasteiger charge is -2.32. The number of rotatable bonds is 13. The van der Waals surface area contributed by atoms with Crippen LogP contribution in [0.5, 0.6) is 5.75 Å².